The number of carbonyl (C=O) groups is 1. The van der Waals surface area contributed by atoms with Gasteiger partial charge in [-0.25, -0.2) is 9.97 Å². The summed E-state index contributed by atoms with van der Waals surface area (Å²) in [6.45, 7) is 2.75. The second-order valence-electron chi connectivity index (χ2n) is 7.94. The van der Waals surface area contributed by atoms with Crippen LogP contribution < -0.4 is 4.90 Å². The fourth-order valence-electron chi connectivity index (χ4n) is 4.82. The van der Waals surface area contributed by atoms with Gasteiger partial charge in [-0.15, -0.1) is 0 Å². The summed E-state index contributed by atoms with van der Waals surface area (Å²) in [6, 6.07) is 12.3. The monoisotopic (exact) mass is 364 g/mol. The summed E-state index contributed by atoms with van der Waals surface area (Å²) in [5, 5.41) is 0. The number of benzene rings is 1. The lowest BCUT2D eigenvalue weighted by atomic mass is 9.82. The van der Waals surface area contributed by atoms with E-state index in [9.17, 15) is 4.79 Å². The third-order valence-corrected chi connectivity index (χ3v) is 6.19. The first kappa shape index (κ1) is 18.1. The zero-order chi connectivity index (χ0) is 18.6. The first-order valence-corrected chi connectivity index (χ1v) is 10.0. The van der Waals surface area contributed by atoms with Crippen molar-refractivity contribution in [1.82, 2.24) is 14.9 Å². The molecule has 0 radical (unpaired) electrons. The van der Waals surface area contributed by atoms with E-state index in [2.05, 4.69) is 45.2 Å². The molecule has 0 unspecified atom stereocenters. The van der Waals surface area contributed by atoms with Crippen molar-refractivity contribution in [2.45, 2.75) is 32.2 Å². The Bertz CT molecular complexity index is 745. The summed E-state index contributed by atoms with van der Waals surface area (Å²) in [5.41, 5.74) is 1.32. The normalized spacial score (nSPS) is 23.6. The van der Waals surface area contributed by atoms with Crippen molar-refractivity contribution in [3.8, 4) is 0 Å². The molecule has 2 fully saturated rings. The number of hydrogen-bond donors (Lipinski definition) is 0. The number of nitrogens with zero attached hydrogens (tertiary/aromatic N) is 4. The van der Waals surface area contributed by atoms with Crippen molar-refractivity contribution in [2.24, 2.45) is 17.8 Å². The van der Waals surface area contributed by atoms with Crippen molar-refractivity contribution in [2.75, 3.05) is 25.0 Å². The highest BCUT2D eigenvalue weighted by Gasteiger charge is 2.43. The first-order valence-electron chi connectivity index (χ1n) is 10.0. The molecule has 2 aromatic rings. The van der Waals surface area contributed by atoms with Gasteiger partial charge < -0.3 is 0 Å². The Labute approximate surface area is 161 Å². The number of likely N-dealkylation sites (tertiary alicyclic amines) is 1. The van der Waals surface area contributed by atoms with Crippen molar-refractivity contribution in [3.63, 3.8) is 0 Å². The molecule has 1 aliphatic heterocycles. The van der Waals surface area contributed by atoms with Gasteiger partial charge in [0.2, 0.25) is 11.9 Å². The maximum absolute atomic E-state index is 13.3. The van der Waals surface area contributed by atoms with Crippen LogP contribution in [0.4, 0.5) is 5.95 Å². The Balaban J connectivity index is 1.51. The Morgan fingerprint density at radius 1 is 1.07 bits per heavy atom. The topological polar surface area (TPSA) is 49.3 Å². The number of aromatic nitrogens is 2. The lowest BCUT2D eigenvalue weighted by molar-refractivity contribution is -0.123. The zero-order valence-electron chi connectivity index (χ0n) is 16.0. The van der Waals surface area contributed by atoms with Crippen LogP contribution in [0.1, 0.15) is 31.2 Å². The van der Waals surface area contributed by atoms with Crippen LogP contribution >= 0.6 is 0 Å². The van der Waals surface area contributed by atoms with Crippen molar-refractivity contribution in [1.29, 1.82) is 0 Å². The summed E-state index contributed by atoms with van der Waals surface area (Å²) in [4.78, 5) is 26.0. The molecular weight excluding hydrogens is 336 g/mol. The van der Waals surface area contributed by atoms with E-state index >= 15 is 0 Å². The molecule has 1 saturated heterocycles. The van der Waals surface area contributed by atoms with Gasteiger partial charge in [0.05, 0.1) is 5.92 Å². The number of anilines is 1. The van der Waals surface area contributed by atoms with Gasteiger partial charge in [0.1, 0.15) is 0 Å². The Morgan fingerprint density at radius 3 is 2.48 bits per heavy atom. The molecule has 1 aliphatic carbocycles. The fourth-order valence-corrected chi connectivity index (χ4v) is 4.82. The van der Waals surface area contributed by atoms with Gasteiger partial charge in [-0.2, -0.15) is 0 Å². The average Bonchev–Trinajstić information content (AvgIpc) is 3.38. The minimum Gasteiger partial charge on any atom is -0.298 e. The van der Waals surface area contributed by atoms with E-state index in [1.807, 2.05) is 7.05 Å². The first-order chi connectivity index (χ1) is 13.2. The van der Waals surface area contributed by atoms with E-state index in [1.165, 1.54) is 31.2 Å². The largest absolute Gasteiger partial charge is 0.298 e. The smallest absolute Gasteiger partial charge is 0.233 e. The van der Waals surface area contributed by atoms with Crippen LogP contribution in [0, 0.1) is 17.8 Å². The van der Waals surface area contributed by atoms with Gasteiger partial charge in [-0.3, -0.25) is 14.6 Å². The molecule has 2 atom stereocenters. The Kier molecular flexibility index (Phi) is 5.48. The van der Waals surface area contributed by atoms with E-state index in [4.69, 9.17) is 0 Å². The van der Waals surface area contributed by atoms with Crippen LogP contribution in [0.15, 0.2) is 48.8 Å². The molecule has 1 saturated carbocycles. The summed E-state index contributed by atoms with van der Waals surface area (Å²) >= 11 is 0. The molecule has 1 amide bonds. The average molecular weight is 364 g/mol. The lowest BCUT2D eigenvalue weighted by Gasteiger charge is -2.26. The van der Waals surface area contributed by atoms with Crippen LogP contribution in [0.2, 0.25) is 0 Å². The highest BCUT2D eigenvalue weighted by atomic mass is 16.2. The van der Waals surface area contributed by atoms with Crippen LogP contribution in [0.5, 0.6) is 0 Å². The second kappa shape index (κ2) is 8.17. The molecule has 2 aliphatic rings. The highest BCUT2D eigenvalue weighted by Crippen LogP contribution is 2.40. The van der Waals surface area contributed by atoms with E-state index in [0.29, 0.717) is 17.8 Å². The van der Waals surface area contributed by atoms with Crippen LogP contribution in [-0.2, 0) is 11.3 Å². The number of amides is 1. The standard InChI is InChI=1S/C22H28N4O/c1-25(22-23-12-7-13-24-22)21(27)20-16-26(14-17-8-3-2-4-9-17)15-19(20)18-10-5-6-11-18/h2-4,7-9,12-13,18-20H,5-6,10-11,14-16H2,1H3/t19-,20+/m0/s1. The predicted molar refractivity (Wildman–Crippen MR) is 106 cm³/mol. The summed E-state index contributed by atoms with van der Waals surface area (Å²) in [7, 11) is 1.81. The molecule has 2 heterocycles. The summed E-state index contributed by atoms with van der Waals surface area (Å²) in [5.74, 6) is 1.80. The third kappa shape index (κ3) is 4.03. The van der Waals surface area contributed by atoms with Crippen molar-refractivity contribution >= 4 is 11.9 Å². The SMILES string of the molecule is CN(C(=O)[C@@H]1CN(Cc2ccccc2)C[C@H]1C1CCCC1)c1ncccn1. The van der Waals surface area contributed by atoms with E-state index in [-0.39, 0.29) is 11.8 Å². The molecule has 142 valence electrons. The van der Waals surface area contributed by atoms with Crippen LogP contribution in [-0.4, -0.2) is 40.9 Å². The molecule has 0 bridgehead atoms. The molecule has 5 heteroatoms. The van der Waals surface area contributed by atoms with Gasteiger partial charge in [-0.1, -0.05) is 56.0 Å². The van der Waals surface area contributed by atoms with Crippen molar-refractivity contribution in [3.05, 3.63) is 54.4 Å². The van der Waals surface area contributed by atoms with Gasteiger partial charge in [0.25, 0.3) is 0 Å². The molecule has 0 N–H and O–H groups in total. The number of rotatable bonds is 5. The van der Waals surface area contributed by atoms with Gasteiger partial charge in [-0.05, 0) is 23.5 Å². The third-order valence-electron chi connectivity index (χ3n) is 6.19. The number of carbonyl (C=O) groups excluding carboxylic acids is 1. The maximum Gasteiger partial charge on any atom is 0.233 e. The summed E-state index contributed by atoms with van der Waals surface area (Å²) < 4.78 is 0. The van der Waals surface area contributed by atoms with E-state index in [1.54, 1.807) is 23.4 Å². The Hall–Kier alpha value is -2.27. The maximum atomic E-state index is 13.3. The van der Waals surface area contributed by atoms with E-state index in [0.717, 1.165) is 19.6 Å². The molecule has 1 aromatic heterocycles. The Morgan fingerprint density at radius 2 is 1.78 bits per heavy atom. The molecule has 0 spiro atoms. The molecule has 27 heavy (non-hydrogen) atoms. The molecule has 1 aromatic carbocycles. The van der Waals surface area contributed by atoms with Crippen molar-refractivity contribution < 1.29 is 4.79 Å². The quantitative estimate of drug-likeness (QED) is 0.816. The fraction of sp³-hybridized carbons (Fsp3) is 0.500. The minimum atomic E-state index is 0.0330. The molecular formula is C22H28N4O. The second-order valence-corrected chi connectivity index (χ2v) is 7.94. The van der Waals surface area contributed by atoms with Crippen LogP contribution in [0.3, 0.4) is 0 Å². The molecule has 4 rings (SSSR count). The molecule has 5 nitrogen and oxygen atoms in total. The zero-order valence-corrected chi connectivity index (χ0v) is 16.0. The van der Waals surface area contributed by atoms with Crippen LogP contribution in [0.25, 0.3) is 0 Å². The predicted octanol–water partition coefficient (Wildman–Crippen LogP) is 3.38. The summed E-state index contributed by atoms with van der Waals surface area (Å²) in [6.07, 6.45) is 8.52. The van der Waals surface area contributed by atoms with E-state index < -0.39 is 0 Å². The van der Waals surface area contributed by atoms with Gasteiger partial charge in [0.15, 0.2) is 0 Å². The lowest BCUT2D eigenvalue weighted by Crippen LogP contribution is -2.39. The van der Waals surface area contributed by atoms with Gasteiger partial charge >= 0.3 is 0 Å². The minimum absolute atomic E-state index is 0.0330. The number of hydrogen-bond acceptors (Lipinski definition) is 4. The highest BCUT2D eigenvalue weighted by molar-refractivity contribution is 5.93. The van der Waals surface area contributed by atoms with Gasteiger partial charge in [0, 0.05) is 39.1 Å².